The van der Waals surface area contributed by atoms with Gasteiger partial charge in [0.25, 0.3) is 0 Å². The molecule has 2 heterocycles. The quantitative estimate of drug-likeness (QED) is 0.768. The molecule has 0 aromatic heterocycles. The van der Waals surface area contributed by atoms with Crippen molar-refractivity contribution in [1.82, 2.24) is 9.80 Å². The summed E-state index contributed by atoms with van der Waals surface area (Å²) in [5, 5.41) is 0. The van der Waals surface area contributed by atoms with Crippen molar-refractivity contribution in [2.24, 2.45) is 11.7 Å². The molecule has 112 valence electrons. The summed E-state index contributed by atoms with van der Waals surface area (Å²) in [4.78, 5) is 5.34. The lowest BCUT2D eigenvalue weighted by molar-refractivity contribution is 0.112. The minimum atomic E-state index is 0.646. The van der Waals surface area contributed by atoms with Crippen LogP contribution in [-0.4, -0.2) is 55.1 Å². The van der Waals surface area contributed by atoms with Crippen molar-refractivity contribution in [2.75, 3.05) is 39.3 Å². The molecule has 0 amide bonds. The fraction of sp³-hybridized carbons (Fsp3) is 1.00. The number of unbranched alkanes of at least 4 members (excludes halogenated alkanes) is 1. The molecule has 3 nitrogen and oxygen atoms in total. The number of piperidine rings is 1. The second-order valence-corrected chi connectivity index (χ2v) is 6.52. The average Bonchev–Trinajstić information content (AvgIpc) is 2.94. The first-order valence-corrected chi connectivity index (χ1v) is 8.50. The number of nitrogens with two attached hydrogens (primary N) is 1. The Bertz CT molecular complexity index is 230. The Morgan fingerprint density at radius 1 is 1.11 bits per heavy atom. The van der Waals surface area contributed by atoms with Crippen molar-refractivity contribution < 1.29 is 0 Å². The molecule has 0 aromatic rings. The van der Waals surface area contributed by atoms with E-state index in [0.29, 0.717) is 6.04 Å². The van der Waals surface area contributed by atoms with Crippen molar-refractivity contribution in [2.45, 2.75) is 57.9 Å². The van der Waals surface area contributed by atoms with Gasteiger partial charge in [-0.3, -0.25) is 4.90 Å². The normalized spacial score (nSPS) is 24.9. The smallest absolute Gasteiger partial charge is 0.0218 e. The molecule has 0 aliphatic carbocycles. The fourth-order valence-electron chi connectivity index (χ4n) is 3.72. The van der Waals surface area contributed by atoms with Crippen molar-refractivity contribution in [3.63, 3.8) is 0 Å². The van der Waals surface area contributed by atoms with Crippen LogP contribution in [0.25, 0.3) is 0 Å². The van der Waals surface area contributed by atoms with Crippen LogP contribution in [0.3, 0.4) is 0 Å². The third-order valence-electron chi connectivity index (χ3n) is 5.04. The highest BCUT2D eigenvalue weighted by molar-refractivity contribution is 4.81. The largest absolute Gasteiger partial charge is 0.329 e. The van der Waals surface area contributed by atoms with Gasteiger partial charge in [0.2, 0.25) is 0 Å². The van der Waals surface area contributed by atoms with Gasteiger partial charge in [-0.15, -0.1) is 0 Å². The van der Waals surface area contributed by atoms with Gasteiger partial charge < -0.3 is 10.6 Å². The summed E-state index contributed by atoms with van der Waals surface area (Å²) in [6.45, 7) is 9.74. The molecule has 3 heteroatoms. The van der Waals surface area contributed by atoms with Gasteiger partial charge >= 0.3 is 0 Å². The molecule has 0 bridgehead atoms. The molecule has 0 saturated carbocycles. The third kappa shape index (κ3) is 4.73. The van der Waals surface area contributed by atoms with Gasteiger partial charge in [0.05, 0.1) is 0 Å². The predicted octanol–water partition coefficient (Wildman–Crippen LogP) is 2.31. The van der Waals surface area contributed by atoms with Crippen LogP contribution in [0.4, 0.5) is 0 Å². The fourth-order valence-corrected chi connectivity index (χ4v) is 3.72. The molecule has 2 N–H and O–H groups in total. The van der Waals surface area contributed by atoms with Crippen LogP contribution < -0.4 is 5.73 Å². The minimum absolute atomic E-state index is 0.646. The summed E-state index contributed by atoms with van der Waals surface area (Å²) in [5.41, 5.74) is 5.96. The molecule has 0 aromatic carbocycles. The van der Waals surface area contributed by atoms with Gasteiger partial charge in [-0.1, -0.05) is 19.8 Å². The lowest BCUT2D eigenvalue weighted by atomic mass is 9.94. The summed E-state index contributed by atoms with van der Waals surface area (Å²) < 4.78 is 0. The molecule has 0 spiro atoms. The Morgan fingerprint density at radius 3 is 2.37 bits per heavy atom. The molecule has 19 heavy (non-hydrogen) atoms. The van der Waals surface area contributed by atoms with E-state index in [0.717, 1.165) is 12.5 Å². The molecule has 2 fully saturated rings. The zero-order valence-electron chi connectivity index (χ0n) is 12.8. The van der Waals surface area contributed by atoms with Crippen molar-refractivity contribution in [1.29, 1.82) is 0 Å². The summed E-state index contributed by atoms with van der Waals surface area (Å²) in [6.07, 6.45) is 9.54. The van der Waals surface area contributed by atoms with E-state index in [1.807, 2.05) is 0 Å². The Kier molecular flexibility index (Phi) is 6.62. The van der Waals surface area contributed by atoms with E-state index in [9.17, 15) is 0 Å². The highest BCUT2D eigenvalue weighted by atomic mass is 15.2. The number of nitrogens with zero attached hydrogens (tertiary/aromatic N) is 2. The van der Waals surface area contributed by atoms with E-state index in [1.54, 1.807) is 0 Å². The second kappa shape index (κ2) is 8.23. The van der Waals surface area contributed by atoms with Crippen LogP contribution in [0.1, 0.15) is 51.9 Å². The summed E-state index contributed by atoms with van der Waals surface area (Å²) in [7, 11) is 0. The first-order chi connectivity index (χ1) is 9.33. The van der Waals surface area contributed by atoms with E-state index in [2.05, 4.69) is 16.7 Å². The SMILES string of the molecule is CCCCC(CN)N1CCC(CN2CCCC2)CC1. The standard InChI is InChI=1S/C16H33N3/c1-2-3-6-16(13-17)19-11-7-15(8-12-19)14-18-9-4-5-10-18/h15-16H,2-14,17H2,1H3. The number of likely N-dealkylation sites (tertiary alicyclic amines) is 2. The molecule has 1 atom stereocenters. The molecular weight excluding hydrogens is 234 g/mol. The van der Waals surface area contributed by atoms with Crippen molar-refractivity contribution in [3.05, 3.63) is 0 Å². The Morgan fingerprint density at radius 2 is 1.79 bits per heavy atom. The third-order valence-corrected chi connectivity index (χ3v) is 5.04. The predicted molar refractivity (Wildman–Crippen MR) is 82.3 cm³/mol. The van der Waals surface area contributed by atoms with Gasteiger partial charge in [0, 0.05) is 19.1 Å². The number of rotatable bonds is 7. The van der Waals surface area contributed by atoms with Crippen molar-refractivity contribution in [3.8, 4) is 0 Å². The molecule has 1 unspecified atom stereocenters. The van der Waals surface area contributed by atoms with Gasteiger partial charge in [-0.25, -0.2) is 0 Å². The van der Waals surface area contributed by atoms with Crippen LogP contribution in [0.5, 0.6) is 0 Å². The van der Waals surface area contributed by atoms with E-state index in [-0.39, 0.29) is 0 Å². The van der Waals surface area contributed by atoms with Crippen LogP contribution in [0.15, 0.2) is 0 Å². The highest BCUT2D eigenvalue weighted by Gasteiger charge is 2.25. The maximum absolute atomic E-state index is 5.96. The Labute approximate surface area is 119 Å². The first-order valence-electron chi connectivity index (χ1n) is 8.50. The van der Waals surface area contributed by atoms with Gasteiger partial charge in [-0.05, 0) is 64.2 Å². The van der Waals surface area contributed by atoms with Gasteiger partial charge in [-0.2, -0.15) is 0 Å². The molecule has 2 aliphatic heterocycles. The van der Waals surface area contributed by atoms with Gasteiger partial charge in [0.15, 0.2) is 0 Å². The topological polar surface area (TPSA) is 32.5 Å². The van der Waals surface area contributed by atoms with E-state index in [1.165, 1.54) is 77.7 Å². The number of hydrogen-bond donors (Lipinski definition) is 1. The lowest BCUT2D eigenvalue weighted by Gasteiger charge is -2.38. The van der Waals surface area contributed by atoms with E-state index < -0.39 is 0 Å². The minimum Gasteiger partial charge on any atom is -0.329 e. The maximum atomic E-state index is 5.96. The average molecular weight is 267 g/mol. The summed E-state index contributed by atoms with van der Waals surface area (Å²) >= 11 is 0. The zero-order valence-corrected chi connectivity index (χ0v) is 12.8. The first kappa shape index (κ1) is 15.3. The Hall–Kier alpha value is -0.120. The van der Waals surface area contributed by atoms with Crippen LogP contribution >= 0.6 is 0 Å². The van der Waals surface area contributed by atoms with E-state index in [4.69, 9.17) is 5.73 Å². The molecule has 0 radical (unpaired) electrons. The van der Waals surface area contributed by atoms with Crippen LogP contribution in [0, 0.1) is 5.92 Å². The van der Waals surface area contributed by atoms with Gasteiger partial charge in [0.1, 0.15) is 0 Å². The van der Waals surface area contributed by atoms with Crippen LogP contribution in [-0.2, 0) is 0 Å². The molecule has 2 rings (SSSR count). The lowest BCUT2D eigenvalue weighted by Crippen LogP contribution is -2.46. The maximum Gasteiger partial charge on any atom is 0.0218 e. The van der Waals surface area contributed by atoms with Crippen LogP contribution in [0.2, 0.25) is 0 Å². The molecular formula is C16H33N3. The Balaban J connectivity index is 1.68. The monoisotopic (exact) mass is 267 g/mol. The zero-order chi connectivity index (χ0) is 13.5. The summed E-state index contributed by atoms with van der Waals surface area (Å²) in [5.74, 6) is 0.943. The van der Waals surface area contributed by atoms with E-state index >= 15 is 0 Å². The highest BCUT2D eigenvalue weighted by Crippen LogP contribution is 2.23. The summed E-state index contributed by atoms with van der Waals surface area (Å²) in [6, 6.07) is 0.646. The number of hydrogen-bond acceptors (Lipinski definition) is 3. The van der Waals surface area contributed by atoms with Crippen molar-refractivity contribution >= 4 is 0 Å². The second-order valence-electron chi connectivity index (χ2n) is 6.52. The molecule has 2 aliphatic rings. The molecule has 2 saturated heterocycles.